The molecule has 2 aliphatic heterocycles. The molecule has 0 saturated carbocycles. The molecule has 3 amide bonds. The Morgan fingerprint density at radius 3 is 2.56 bits per heavy atom. The maximum Gasteiger partial charge on any atom is 0.241 e. The summed E-state index contributed by atoms with van der Waals surface area (Å²) >= 11 is 0. The lowest BCUT2D eigenvalue weighted by atomic mass is 9.91. The Hall–Kier alpha value is -3.19. The molecule has 2 N–H and O–H groups in total. The molecule has 2 aromatic carbocycles. The molecule has 7 nitrogen and oxygen atoms in total. The van der Waals surface area contributed by atoms with Gasteiger partial charge < -0.3 is 15.5 Å². The second-order valence-electron chi connectivity index (χ2n) is 9.98. The first kappa shape index (κ1) is 25.9. The summed E-state index contributed by atoms with van der Waals surface area (Å²) in [4.78, 5) is 42.3. The molecule has 4 rings (SSSR count). The van der Waals surface area contributed by atoms with Crippen molar-refractivity contribution in [3.05, 3.63) is 65.2 Å². The predicted octanol–water partition coefficient (Wildman–Crippen LogP) is 3.17. The third kappa shape index (κ3) is 7.17. The molecule has 1 atom stereocenters. The Morgan fingerprint density at radius 2 is 1.72 bits per heavy atom. The van der Waals surface area contributed by atoms with Crippen molar-refractivity contribution in [1.82, 2.24) is 15.5 Å². The van der Waals surface area contributed by atoms with Crippen LogP contribution in [0.15, 0.2) is 48.5 Å². The minimum absolute atomic E-state index is 0.0156. The highest BCUT2D eigenvalue weighted by Crippen LogP contribution is 2.28. The maximum absolute atomic E-state index is 13.3. The van der Waals surface area contributed by atoms with Gasteiger partial charge in [0.05, 0.1) is 13.1 Å². The number of anilines is 1. The van der Waals surface area contributed by atoms with Crippen LogP contribution in [0.25, 0.3) is 0 Å². The van der Waals surface area contributed by atoms with Gasteiger partial charge in [0, 0.05) is 38.3 Å². The number of benzene rings is 2. The summed E-state index contributed by atoms with van der Waals surface area (Å²) in [5, 5.41) is 6.06. The van der Waals surface area contributed by atoms with E-state index in [9.17, 15) is 14.4 Å². The molecule has 2 aromatic rings. The van der Waals surface area contributed by atoms with Gasteiger partial charge in [0.2, 0.25) is 17.7 Å². The van der Waals surface area contributed by atoms with Crippen LogP contribution in [0.3, 0.4) is 0 Å². The van der Waals surface area contributed by atoms with Crippen LogP contribution in [0.1, 0.15) is 54.7 Å². The summed E-state index contributed by atoms with van der Waals surface area (Å²) in [7, 11) is 0. The van der Waals surface area contributed by atoms with Gasteiger partial charge in [0.1, 0.15) is 0 Å². The molecule has 2 heterocycles. The van der Waals surface area contributed by atoms with Gasteiger partial charge in [-0.1, -0.05) is 48.0 Å². The van der Waals surface area contributed by atoms with Gasteiger partial charge in [-0.2, -0.15) is 0 Å². The fourth-order valence-corrected chi connectivity index (χ4v) is 5.25. The Morgan fingerprint density at radius 1 is 0.917 bits per heavy atom. The van der Waals surface area contributed by atoms with Crippen LogP contribution in [-0.4, -0.2) is 61.9 Å². The Balaban J connectivity index is 1.40. The average Bonchev–Trinajstić information content (AvgIpc) is 2.88. The average molecular weight is 491 g/mol. The van der Waals surface area contributed by atoms with Crippen molar-refractivity contribution in [2.24, 2.45) is 0 Å². The molecule has 36 heavy (non-hydrogen) atoms. The zero-order chi connectivity index (χ0) is 25.3. The highest BCUT2D eigenvalue weighted by molar-refractivity contribution is 5.96. The van der Waals surface area contributed by atoms with Crippen LogP contribution >= 0.6 is 0 Å². The molecule has 2 aliphatic rings. The summed E-state index contributed by atoms with van der Waals surface area (Å²) in [6.07, 6.45) is 4.59. The van der Waals surface area contributed by atoms with Crippen LogP contribution in [-0.2, 0) is 20.8 Å². The number of nitrogens with zero attached hydrogens (tertiary/aromatic N) is 2. The first-order chi connectivity index (χ1) is 17.5. The smallest absolute Gasteiger partial charge is 0.241 e. The van der Waals surface area contributed by atoms with E-state index in [0.29, 0.717) is 39.0 Å². The number of fused-ring (bicyclic) bond motifs is 1. The molecule has 192 valence electrons. The van der Waals surface area contributed by atoms with Crippen molar-refractivity contribution in [2.45, 2.75) is 51.4 Å². The SMILES string of the molecule is Cc1ccc2c(c1)CCCN2C(=O)CN1CCCNC(=O)CCC(c2ccccc2)CCNC(=O)C1. The number of carbonyl (C=O) groups excluding carboxylic acids is 3. The first-order valence-corrected chi connectivity index (χ1v) is 13.2. The van der Waals surface area contributed by atoms with Crippen LogP contribution in [0.5, 0.6) is 0 Å². The molecule has 1 saturated heterocycles. The molecular weight excluding hydrogens is 452 g/mol. The zero-order valence-electron chi connectivity index (χ0n) is 21.3. The quantitative estimate of drug-likeness (QED) is 0.693. The van der Waals surface area contributed by atoms with Crippen molar-refractivity contribution in [3.63, 3.8) is 0 Å². The summed E-state index contributed by atoms with van der Waals surface area (Å²) in [5.41, 5.74) is 4.59. The van der Waals surface area contributed by atoms with Gasteiger partial charge in [0.25, 0.3) is 0 Å². The highest BCUT2D eigenvalue weighted by atomic mass is 16.2. The van der Waals surface area contributed by atoms with Gasteiger partial charge in [-0.3, -0.25) is 19.3 Å². The number of nitrogens with one attached hydrogen (secondary N) is 2. The van der Waals surface area contributed by atoms with Gasteiger partial charge in [-0.05, 0) is 62.1 Å². The van der Waals surface area contributed by atoms with E-state index in [1.165, 1.54) is 16.7 Å². The molecule has 0 aromatic heterocycles. The maximum atomic E-state index is 13.3. The topological polar surface area (TPSA) is 81.8 Å². The van der Waals surface area contributed by atoms with Crippen molar-refractivity contribution < 1.29 is 14.4 Å². The van der Waals surface area contributed by atoms with Crippen LogP contribution in [0.2, 0.25) is 0 Å². The van der Waals surface area contributed by atoms with Gasteiger partial charge in [0.15, 0.2) is 0 Å². The molecule has 1 fully saturated rings. The molecular formula is C29H38N4O3. The van der Waals surface area contributed by atoms with Crippen LogP contribution < -0.4 is 15.5 Å². The lowest BCUT2D eigenvalue weighted by molar-refractivity contribution is -0.125. The molecule has 1 unspecified atom stereocenters. The zero-order valence-corrected chi connectivity index (χ0v) is 21.3. The Kier molecular flexibility index (Phi) is 9.11. The number of aryl methyl sites for hydroxylation is 2. The lowest BCUT2D eigenvalue weighted by Crippen LogP contribution is -2.46. The molecule has 0 radical (unpaired) electrons. The van der Waals surface area contributed by atoms with E-state index in [2.05, 4.69) is 35.8 Å². The molecule has 0 bridgehead atoms. The molecule has 0 spiro atoms. The normalized spacial score (nSPS) is 20.6. The second-order valence-corrected chi connectivity index (χ2v) is 9.98. The fraction of sp³-hybridized carbons (Fsp3) is 0.483. The summed E-state index contributed by atoms with van der Waals surface area (Å²) < 4.78 is 0. The van der Waals surface area contributed by atoms with Gasteiger partial charge in [-0.15, -0.1) is 0 Å². The number of amides is 3. The third-order valence-electron chi connectivity index (χ3n) is 7.16. The molecule has 0 aliphatic carbocycles. The fourth-order valence-electron chi connectivity index (χ4n) is 5.25. The Labute approximate surface area is 214 Å². The minimum atomic E-state index is -0.0645. The number of hydrogen-bond acceptors (Lipinski definition) is 4. The number of rotatable bonds is 3. The van der Waals surface area contributed by atoms with Crippen LogP contribution in [0, 0.1) is 6.92 Å². The van der Waals surface area contributed by atoms with Crippen LogP contribution in [0.4, 0.5) is 5.69 Å². The lowest BCUT2D eigenvalue weighted by Gasteiger charge is -2.32. The third-order valence-corrected chi connectivity index (χ3v) is 7.16. The highest BCUT2D eigenvalue weighted by Gasteiger charge is 2.25. The second kappa shape index (κ2) is 12.7. The van der Waals surface area contributed by atoms with Crippen molar-refractivity contribution in [1.29, 1.82) is 0 Å². The first-order valence-electron chi connectivity index (χ1n) is 13.2. The van der Waals surface area contributed by atoms with E-state index in [0.717, 1.165) is 31.4 Å². The van der Waals surface area contributed by atoms with E-state index in [1.54, 1.807) is 0 Å². The van der Waals surface area contributed by atoms with Crippen molar-refractivity contribution in [3.8, 4) is 0 Å². The van der Waals surface area contributed by atoms with E-state index in [-0.39, 0.29) is 36.7 Å². The summed E-state index contributed by atoms with van der Waals surface area (Å²) in [6.45, 7) is 4.77. The number of hydrogen-bond donors (Lipinski definition) is 2. The van der Waals surface area contributed by atoms with E-state index < -0.39 is 0 Å². The van der Waals surface area contributed by atoms with Gasteiger partial charge >= 0.3 is 0 Å². The van der Waals surface area contributed by atoms with Gasteiger partial charge in [-0.25, -0.2) is 0 Å². The van der Waals surface area contributed by atoms with E-state index >= 15 is 0 Å². The molecule has 7 heteroatoms. The Bertz CT molecular complexity index is 1060. The largest absolute Gasteiger partial charge is 0.356 e. The monoisotopic (exact) mass is 490 g/mol. The summed E-state index contributed by atoms with van der Waals surface area (Å²) in [5.74, 6) is 0.216. The predicted molar refractivity (Wildman–Crippen MR) is 142 cm³/mol. The minimum Gasteiger partial charge on any atom is -0.356 e. The van der Waals surface area contributed by atoms with E-state index in [1.807, 2.05) is 40.1 Å². The number of carbonyl (C=O) groups is 3. The van der Waals surface area contributed by atoms with Crippen molar-refractivity contribution in [2.75, 3.05) is 44.2 Å². The summed E-state index contributed by atoms with van der Waals surface area (Å²) in [6, 6.07) is 16.4. The standard InChI is InChI=1S/C29H38N4O3/c1-22-10-12-26-25(19-22)9-5-18-33(26)29(36)21-32-17-6-15-30-27(34)13-11-24(14-16-31-28(35)20-32)23-7-3-2-4-8-23/h2-4,7-8,10,12,19,24H,5-6,9,11,13-18,20-21H2,1H3,(H,30,34)(H,31,35). The van der Waals surface area contributed by atoms with Crippen molar-refractivity contribution >= 4 is 23.4 Å². The van der Waals surface area contributed by atoms with E-state index in [4.69, 9.17) is 0 Å².